The van der Waals surface area contributed by atoms with Gasteiger partial charge in [-0.05, 0) is 55.3 Å². The van der Waals surface area contributed by atoms with E-state index in [-0.39, 0.29) is 22.6 Å². The zero-order valence-corrected chi connectivity index (χ0v) is 25.1. The number of nitrogens with one attached hydrogen (secondary N) is 1. The predicted molar refractivity (Wildman–Crippen MR) is 161 cm³/mol. The minimum Gasteiger partial charge on any atom is -0.406 e. The highest BCUT2D eigenvalue weighted by molar-refractivity contribution is 8.15. The number of nitrogens with zero attached hydrogens (tertiary/aromatic N) is 5. The quantitative estimate of drug-likeness (QED) is 0.217. The van der Waals surface area contributed by atoms with Crippen molar-refractivity contribution in [1.29, 1.82) is 0 Å². The first kappa shape index (κ1) is 31.7. The Hall–Kier alpha value is -4.73. The van der Waals surface area contributed by atoms with Gasteiger partial charge in [-0.3, -0.25) is 14.5 Å². The molecular weight excluding hydrogens is 613 g/mol. The van der Waals surface area contributed by atoms with E-state index in [9.17, 15) is 22.8 Å². The standard InChI is InChI=1S/C30H27F3N6O5S/c1-18-4-5-22(15-42-3)25(14-18)39-26(40)16-45-29(39)35-28(41)37-44-19(2)20-6-8-21(9-7-20)27-34-17-38(36-27)23-10-12-24(13-11-23)43-30(31,32)33/h4-14,17,19H,15-16H2,1-3H3,(H,37,41)/b35-29-. The third kappa shape index (κ3) is 7.87. The van der Waals surface area contributed by atoms with Crippen LogP contribution in [0.3, 0.4) is 0 Å². The van der Waals surface area contributed by atoms with E-state index in [1.54, 1.807) is 38.3 Å². The van der Waals surface area contributed by atoms with Crippen LogP contribution in [0.25, 0.3) is 17.1 Å². The number of alkyl halides is 3. The van der Waals surface area contributed by atoms with Crippen LogP contribution in [-0.2, 0) is 21.0 Å². The first-order chi connectivity index (χ1) is 21.5. The van der Waals surface area contributed by atoms with E-state index >= 15 is 0 Å². The zero-order valence-electron chi connectivity index (χ0n) is 24.2. The number of carbonyl (C=O) groups excluding carboxylic acids is 2. The van der Waals surface area contributed by atoms with Crippen LogP contribution in [0.2, 0.25) is 0 Å². The van der Waals surface area contributed by atoms with E-state index in [0.717, 1.165) is 28.5 Å². The van der Waals surface area contributed by atoms with Crippen LogP contribution in [0.5, 0.6) is 5.75 Å². The van der Waals surface area contributed by atoms with E-state index in [0.29, 0.717) is 29.4 Å². The maximum absolute atomic E-state index is 12.7. The average molecular weight is 641 g/mol. The Balaban J connectivity index is 1.20. The number of rotatable bonds is 9. The first-order valence-corrected chi connectivity index (χ1v) is 14.5. The van der Waals surface area contributed by atoms with E-state index < -0.39 is 18.5 Å². The van der Waals surface area contributed by atoms with Crippen molar-refractivity contribution in [2.75, 3.05) is 17.8 Å². The molecule has 1 atom stereocenters. The Bertz CT molecular complexity index is 1710. The number of methoxy groups -OCH3 is 1. The highest BCUT2D eigenvalue weighted by atomic mass is 32.2. The van der Waals surface area contributed by atoms with Gasteiger partial charge in [-0.2, -0.15) is 4.99 Å². The van der Waals surface area contributed by atoms with Crippen LogP contribution in [0.4, 0.5) is 23.7 Å². The summed E-state index contributed by atoms with van der Waals surface area (Å²) in [4.78, 5) is 40.7. The molecule has 5 rings (SSSR count). The SMILES string of the molecule is COCc1ccc(C)cc1N1C(=O)CS/C1=N\C(=O)NOC(C)c1ccc(-c2ncn(-c3ccc(OC(F)(F)F)cc3)n2)cc1. The van der Waals surface area contributed by atoms with Crippen LogP contribution in [0.1, 0.15) is 29.7 Å². The second-order valence-corrected chi connectivity index (χ2v) is 10.8. The van der Waals surface area contributed by atoms with Crippen molar-refractivity contribution in [3.05, 3.63) is 89.7 Å². The number of amidine groups is 1. The molecule has 15 heteroatoms. The molecule has 1 saturated heterocycles. The molecule has 1 fully saturated rings. The van der Waals surface area contributed by atoms with Gasteiger partial charge in [0.2, 0.25) is 5.91 Å². The number of hydrogen-bond donors (Lipinski definition) is 1. The highest BCUT2D eigenvalue weighted by Gasteiger charge is 2.32. The van der Waals surface area contributed by atoms with E-state index in [4.69, 9.17) is 9.57 Å². The van der Waals surface area contributed by atoms with Gasteiger partial charge < -0.3 is 9.47 Å². The number of aryl methyl sites for hydroxylation is 1. The maximum atomic E-state index is 12.7. The molecule has 0 saturated carbocycles. The smallest absolute Gasteiger partial charge is 0.406 e. The number of amides is 3. The number of halogens is 3. The molecule has 3 aromatic carbocycles. The molecule has 45 heavy (non-hydrogen) atoms. The monoisotopic (exact) mass is 640 g/mol. The number of aliphatic imine (C=N–C) groups is 1. The largest absolute Gasteiger partial charge is 0.573 e. The number of hydrogen-bond acceptors (Lipinski definition) is 8. The summed E-state index contributed by atoms with van der Waals surface area (Å²) in [6.07, 6.45) is -3.88. The van der Waals surface area contributed by atoms with Gasteiger partial charge in [-0.1, -0.05) is 48.2 Å². The lowest BCUT2D eigenvalue weighted by Gasteiger charge is -2.20. The maximum Gasteiger partial charge on any atom is 0.573 e. The first-order valence-electron chi connectivity index (χ1n) is 13.5. The number of aromatic nitrogens is 3. The fraction of sp³-hybridized carbons (Fsp3) is 0.233. The number of ether oxygens (including phenoxy) is 2. The molecule has 2 heterocycles. The number of anilines is 1. The summed E-state index contributed by atoms with van der Waals surface area (Å²) >= 11 is 1.16. The fourth-order valence-corrected chi connectivity index (χ4v) is 5.24. The summed E-state index contributed by atoms with van der Waals surface area (Å²) in [5.74, 6) is 0.00389. The van der Waals surface area contributed by atoms with Gasteiger partial charge in [0.25, 0.3) is 0 Å². The van der Waals surface area contributed by atoms with Gasteiger partial charge in [0.05, 0.1) is 23.7 Å². The molecular formula is C30H27F3N6O5S. The second-order valence-electron chi connectivity index (χ2n) is 9.82. The van der Waals surface area contributed by atoms with Gasteiger partial charge in [-0.15, -0.1) is 18.3 Å². The Morgan fingerprint density at radius 1 is 1.11 bits per heavy atom. The molecule has 11 nitrogen and oxygen atoms in total. The van der Waals surface area contributed by atoms with Crippen molar-refractivity contribution in [1.82, 2.24) is 20.2 Å². The van der Waals surface area contributed by atoms with Gasteiger partial charge in [0.1, 0.15) is 18.2 Å². The fourth-order valence-electron chi connectivity index (χ4n) is 4.38. The van der Waals surface area contributed by atoms with Crippen molar-refractivity contribution >= 4 is 34.6 Å². The number of benzene rings is 3. The predicted octanol–water partition coefficient (Wildman–Crippen LogP) is 6.13. The third-order valence-corrected chi connectivity index (χ3v) is 7.46. The summed E-state index contributed by atoms with van der Waals surface area (Å²) in [5, 5.41) is 4.63. The van der Waals surface area contributed by atoms with Crippen molar-refractivity contribution in [2.45, 2.75) is 32.9 Å². The summed E-state index contributed by atoms with van der Waals surface area (Å²) < 4.78 is 47.8. The molecule has 0 radical (unpaired) electrons. The molecule has 234 valence electrons. The lowest BCUT2D eigenvalue weighted by Crippen LogP contribution is -2.32. The topological polar surface area (TPSA) is 120 Å². The summed E-state index contributed by atoms with van der Waals surface area (Å²) in [5.41, 5.74) is 6.59. The molecule has 0 bridgehead atoms. The Morgan fingerprint density at radius 3 is 2.53 bits per heavy atom. The van der Waals surface area contributed by atoms with Gasteiger partial charge in [0.15, 0.2) is 11.0 Å². The minimum absolute atomic E-state index is 0.145. The van der Waals surface area contributed by atoms with Crippen molar-refractivity contribution in [3.63, 3.8) is 0 Å². The molecule has 0 aliphatic carbocycles. The van der Waals surface area contributed by atoms with Crippen molar-refractivity contribution in [2.24, 2.45) is 4.99 Å². The average Bonchev–Trinajstić information content (AvgIpc) is 3.64. The number of thioether (sulfide) groups is 1. The van der Waals surface area contributed by atoms with Crippen molar-refractivity contribution in [3.8, 4) is 22.8 Å². The summed E-state index contributed by atoms with van der Waals surface area (Å²) in [6, 6.07) is 17.2. The lowest BCUT2D eigenvalue weighted by atomic mass is 10.1. The molecule has 4 aromatic rings. The highest BCUT2D eigenvalue weighted by Crippen LogP contribution is 2.31. The van der Waals surface area contributed by atoms with E-state index in [2.05, 4.69) is 25.3 Å². The number of hydroxylamine groups is 1. The van der Waals surface area contributed by atoms with E-state index in [1.165, 1.54) is 40.2 Å². The van der Waals surface area contributed by atoms with E-state index in [1.807, 2.05) is 25.1 Å². The molecule has 0 spiro atoms. The van der Waals surface area contributed by atoms with Crippen LogP contribution in [0, 0.1) is 6.92 Å². The number of carbonyl (C=O) groups is 2. The van der Waals surface area contributed by atoms with Gasteiger partial charge in [0, 0.05) is 18.2 Å². The Kier molecular flexibility index (Phi) is 9.51. The minimum atomic E-state index is -4.77. The summed E-state index contributed by atoms with van der Waals surface area (Å²) in [7, 11) is 1.56. The summed E-state index contributed by atoms with van der Waals surface area (Å²) in [6.45, 7) is 3.94. The molecule has 3 amide bonds. The molecule has 1 unspecified atom stereocenters. The molecule has 1 aromatic heterocycles. The second kappa shape index (κ2) is 13.5. The van der Waals surface area contributed by atoms with Crippen molar-refractivity contribution < 1.29 is 37.1 Å². The van der Waals surface area contributed by atoms with Gasteiger partial charge in [-0.25, -0.2) is 19.9 Å². The zero-order chi connectivity index (χ0) is 32.1. The van der Waals surface area contributed by atoms with Crippen LogP contribution >= 0.6 is 11.8 Å². The van der Waals surface area contributed by atoms with Crippen LogP contribution in [0.15, 0.2) is 78.0 Å². The molecule has 1 aliphatic rings. The van der Waals surface area contributed by atoms with Gasteiger partial charge >= 0.3 is 12.4 Å². The third-order valence-electron chi connectivity index (χ3n) is 6.53. The van der Waals surface area contributed by atoms with Crippen LogP contribution < -0.4 is 15.1 Å². The Labute approximate surface area is 260 Å². The molecule has 1 N–H and O–H groups in total. The normalized spacial score (nSPS) is 15.0. The van der Waals surface area contributed by atoms with Crippen LogP contribution in [-0.4, -0.2) is 51.1 Å². The lowest BCUT2D eigenvalue weighted by molar-refractivity contribution is -0.274. The molecule has 1 aliphatic heterocycles. The number of urea groups is 1. The Morgan fingerprint density at radius 2 is 1.84 bits per heavy atom.